The second-order valence-corrected chi connectivity index (χ2v) is 6.13. The van der Waals surface area contributed by atoms with Gasteiger partial charge in [-0.15, -0.1) is 0 Å². The van der Waals surface area contributed by atoms with E-state index in [1.165, 1.54) is 6.07 Å². The van der Waals surface area contributed by atoms with Gasteiger partial charge >= 0.3 is 0 Å². The Kier molecular flexibility index (Phi) is 4.51. The largest absolute Gasteiger partial charge is 0.328 e. The van der Waals surface area contributed by atoms with Crippen molar-refractivity contribution in [1.82, 2.24) is 0 Å². The molecule has 0 radical (unpaired) electrons. The lowest BCUT2D eigenvalue weighted by Gasteiger charge is -2.26. The first-order valence-corrected chi connectivity index (χ1v) is 6.29. The molecule has 0 spiro atoms. The van der Waals surface area contributed by atoms with Crippen LogP contribution < -0.4 is 5.73 Å². The Morgan fingerprint density at radius 3 is 2.56 bits per heavy atom. The first-order chi connectivity index (χ1) is 7.30. The van der Waals surface area contributed by atoms with Crippen LogP contribution in [-0.4, -0.2) is 6.04 Å². The van der Waals surface area contributed by atoms with Gasteiger partial charge < -0.3 is 5.73 Å². The average molecular weight is 288 g/mol. The molecule has 1 nitrogen and oxygen atoms in total. The lowest BCUT2D eigenvalue weighted by Crippen LogP contribution is -2.26. The second kappa shape index (κ2) is 5.28. The Balaban J connectivity index is 2.76. The SMILES string of the molecule is CC(N)CC(C)(C)Cc1ccc(F)c(Br)c1. The van der Waals surface area contributed by atoms with Crippen LogP contribution >= 0.6 is 15.9 Å². The van der Waals surface area contributed by atoms with Crippen molar-refractivity contribution < 1.29 is 4.39 Å². The molecule has 1 aromatic rings. The molecular weight excluding hydrogens is 269 g/mol. The van der Waals surface area contributed by atoms with Gasteiger partial charge in [0.2, 0.25) is 0 Å². The molecular formula is C13H19BrFN. The number of benzene rings is 1. The highest BCUT2D eigenvalue weighted by Crippen LogP contribution is 2.28. The van der Waals surface area contributed by atoms with E-state index in [-0.39, 0.29) is 17.3 Å². The van der Waals surface area contributed by atoms with Gasteiger partial charge in [-0.3, -0.25) is 0 Å². The fourth-order valence-corrected chi connectivity index (χ4v) is 2.57. The van der Waals surface area contributed by atoms with Crippen LogP contribution in [0.3, 0.4) is 0 Å². The summed E-state index contributed by atoms with van der Waals surface area (Å²) in [6, 6.07) is 5.38. The lowest BCUT2D eigenvalue weighted by atomic mass is 9.80. The summed E-state index contributed by atoms with van der Waals surface area (Å²) in [5.74, 6) is -0.214. The highest BCUT2D eigenvalue weighted by molar-refractivity contribution is 9.10. The molecule has 0 bridgehead atoms. The zero-order valence-corrected chi connectivity index (χ0v) is 11.6. The Bertz CT molecular complexity index is 361. The number of nitrogens with two attached hydrogens (primary N) is 1. The van der Waals surface area contributed by atoms with Crippen molar-refractivity contribution >= 4 is 15.9 Å². The third kappa shape index (κ3) is 4.22. The zero-order chi connectivity index (χ0) is 12.3. The predicted octanol–water partition coefficient (Wildman–Crippen LogP) is 3.89. The summed E-state index contributed by atoms with van der Waals surface area (Å²) in [6.07, 6.45) is 1.87. The Labute approximate surface area is 105 Å². The third-order valence-electron chi connectivity index (χ3n) is 2.54. The molecule has 0 fully saturated rings. The van der Waals surface area contributed by atoms with Gasteiger partial charge in [0.1, 0.15) is 5.82 Å². The van der Waals surface area contributed by atoms with Crippen LogP contribution in [0.1, 0.15) is 32.8 Å². The summed E-state index contributed by atoms with van der Waals surface area (Å²) in [5, 5.41) is 0. The van der Waals surface area contributed by atoms with E-state index < -0.39 is 0 Å². The molecule has 0 saturated carbocycles. The molecule has 0 aromatic heterocycles. The van der Waals surface area contributed by atoms with Crippen molar-refractivity contribution in [3.05, 3.63) is 34.1 Å². The molecule has 2 N–H and O–H groups in total. The smallest absolute Gasteiger partial charge is 0.137 e. The molecule has 16 heavy (non-hydrogen) atoms. The zero-order valence-electron chi connectivity index (χ0n) is 10.1. The van der Waals surface area contributed by atoms with E-state index in [0.29, 0.717) is 4.47 Å². The third-order valence-corrected chi connectivity index (χ3v) is 3.15. The van der Waals surface area contributed by atoms with Crippen LogP contribution in [0.4, 0.5) is 4.39 Å². The maximum Gasteiger partial charge on any atom is 0.137 e. The summed E-state index contributed by atoms with van der Waals surface area (Å²) < 4.78 is 13.6. The normalized spacial score (nSPS) is 13.9. The van der Waals surface area contributed by atoms with E-state index in [1.54, 1.807) is 0 Å². The van der Waals surface area contributed by atoms with E-state index in [0.717, 1.165) is 18.4 Å². The second-order valence-electron chi connectivity index (χ2n) is 5.27. The average Bonchev–Trinajstić information content (AvgIpc) is 2.08. The van der Waals surface area contributed by atoms with Crippen LogP contribution in [0.15, 0.2) is 22.7 Å². The minimum absolute atomic E-state index is 0.144. The molecule has 1 atom stereocenters. The van der Waals surface area contributed by atoms with Crippen molar-refractivity contribution in [2.24, 2.45) is 11.1 Å². The Morgan fingerprint density at radius 1 is 1.44 bits per heavy atom. The van der Waals surface area contributed by atoms with E-state index in [4.69, 9.17) is 5.73 Å². The molecule has 0 saturated heterocycles. The maximum absolute atomic E-state index is 13.1. The number of rotatable bonds is 4. The molecule has 0 aliphatic rings. The van der Waals surface area contributed by atoms with Crippen molar-refractivity contribution in [3.63, 3.8) is 0 Å². The van der Waals surface area contributed by atoms with Crippen LogP contribution in [0.2, 0.25) is 0 Å². The Morgan fingerprint density at radius 2 is 2.06 bits per heavy atom. The number of hydrogen-bond donors (Lipinski definition) is 1. The van der Waals surface area contributed by atoms with Gasteiger partial charge in [-0.2, -0.15) is 0 Å². The molecule has 3 heteroatoms. The van der Waals surface area contributed by atoms with Gasteiger partial charge in [0.05, 0.1) is 4.47 Å². The van der Waals surface area contributed by atoms with Gasteiger partial charge in [0.25, 0.3) is 0 Å². The van der Waals surface area contributed by atoms with Crippen molar-refractivity contribution in [3.8, 4) is 0 Å². The molecule has 1 rings (SSSR count). The molecule has 0 aliphatic heterocycles. The number of halogens is 2. The van der Waals surface area contributed by atoms with Gasteiger partial charge in [0.15, 0.2) is 0 Å². The van der Waals surface area contributed by atoms with Crippen molar-refractivity contribution in [2.45, 2.75) is 39.7 Å². The fraction of sp³-hybridized carbons (Fsp3) is 0.538. The van der Waals surface area contributed by atoms with E-state index in [2.05, 4.69) is 29.8 Å². The van der Waals surface area contributed by atoms with Crippen LogP contribution in [0.25, 0.3) is 0 Å². The minimum atomic E-state index is -0.214. The molecule has 1 unspecified atom stereocenters. The quantitative estimate of drug-likeness (QED) is 0.893. The highest BCUT2D eigenvalue weighted by Gasteiger charge is 2.20. The standard InChI is InChI=1S/C13H19BrFN/c1-9(16)7-13(2,3)8-10-4-5-12(15)11(14)6-10/h4-6,9H,7-8,16H2,1-3H3. The summed E-state index contributed by atoms with van der Waals surface area (Å²) in [4.78, 5) is 0. The van der Waals surface area contributed by atoms with E-state index in [1.807, 2.05) is 19.1 Å². The van der Waals surface area contributed by atoms with E-state index in [9.17, 15) is 4.39 Å². The highest BCUT2D eigenvalue weighted by atomic mass is 79.9. The lowest BCUT2D eigenvalue weighted by molar-refractivity contribution is 0.309. The van der Waals surface area contributed by atoms with Gasteiger partial charge in [-0.25, -0.2) is 4.39 Å². The Hall–Kier alpha value is -0.410. The summed E-state index contributed by atoms with van der Waals surface area (Å²) in [5.41, 5.74) is 7.10. The van der Waals surface area contributed by atoms with Crippen molar-refractivity contribution in [2.75, 3.05) is 0 Å². The van der Waals surface area contributed by atoms with Crippen LogP contribution in [0.5, 0.6) is 0 Å². The predicted molar refractivity (Wildman–Crippen MR) is 69.9 cm³/mol. The molecule has 0 aliphatic carbocycles. The van der Waals surface area contributed by atoms with Gasteiger partial charge in [-0.05, 0) is 58.8 Å². The number of hydrogen-bond acceptors (Lipinski definition) is 1. The van der Waals surface area contributed by atoms with Gasteiger partial charge in [-0.1, -0.05) is 19.9 Å². The van der Waals surface area contributed by atoms with E-state index >= 15 is 0 Å². The maximum atomic E-state index is 13.1. The first kappa shape index (κ1) is 13.7. The minimum Gasteiger partial charge on any atom is -0.328 e. The molecule has 0 amide bonds. The van der Waals surface area contributed by atoms with Crippen LogP contribution in [-0.2, 0) is 6.42 Å². The monoisotopic (exact) mass is 287 g/mol. The summed E-state index contributed by atoms with van der Waals surface area (Å²) in [6.45, 7) is 6.39. The first-order valence-electron chi connectivity index (χ1n) is 5.50. The molecule has 1 aromatic carbocycles. The topological polar surface area (TPSA) is 26.0 Å². The van der Waals surface area contributed by atoms with Gasteiger partial charge in [0, 0.05) is 6.04 Å². The molecule has 0 heterocycles. The van der Waals surface area contributed by atoms with Crippen LogP contribution in [0, 0.1) is 11.2 Å². The van der Waals surface area contributed by atoms with Crippen molar-refractivity contribution in [1.29, 1.82) is 0 Å². The fourth-order valence-electron chi connectivity index (χ4n) is 2.15. The summed E-state index contributed by atoms with van der Waals surface area (Å²) in [7, 11) is 0. The molecule has 90 valence electrons. The summed E-state index contributed by atoms with van der Waals surface area (Å²) >= 11 is 3.20.